The van der Waals surface area contributed by atoms with Crippen LogP contribution in [0.4, 0.5) is 5.69 Å². The Hall–Kier alpha value is -4.60. The number of anilines is 1. The summed E-state index contributed by atoms with van der Waals surface area (Å²) < 4.78 is 12.3. The summed E-state index contributed by atoms with van der Waals surface area (Å²) in [4.78, 5) is 32.2. The summed E-state index contributed by atoms with van der Waals surface area (Å²) in [5.74, 6) is -0.0208. The number of carbonyl (C=O) groups is 2. The van der Waals surface area contributed by atoms with E-state index in [4.69, 9.17) is 26.8 Å². The number of aromatic hydroxyl groups is 1. The van der Waals surface area contributed by atoms with Crippen LogP contribution in [-0.4, -0.2) is 52.6 Å². The van der Waals surface area contributed by atoms with Crippen LogP contribution in [-0.2, 0) is 4.74 Å². The topological polar surface area (TPSA) is 119 Å². The van der Waals surface area contributed by atoms with Crippen molar-refractivity contribution in [2.24, 2.45) is 5.73 Å². The number of carbonyl (C=O) groups excluding carboxylic acids is 2. The Morgan fingerprint density at radius 3 is 2.73 bits per heavy atom. The highest BCUT2D eigenvalue weighted by Crippen LogP contribution is 2.46. The SMILES string of the molecule is COCOc1ccc(C(N)=O)c(-c2ccc3nc(C(=O)N4CC(CCl)c5c4cc(O)c4cccc(C)c54)cn3c2)c1. The largest absolute Gasteiger partial charge is 0.507 e. The molecule has 3 heterocycles. The van der Waals surface area contributed by atoms with Gasteiger partial charge >= 0.3 is 0 Å². The predicted molar refractivity (Wildman–Crippen MR) is 157 cm³/mol. The van der Waals surface area contributed by atoms with Crippen molar-refractivity contribution in [3.63, 3.8) is 0 Å². The third-order valence-corrected chi connectivity index (χ3v) is 7.85. The number of amides is 2. The normalized spacial score (nSPS) is 14.5. The molecule has 5 aromatic rings. The molecule has 0 aliphatic carbocycles. The van der Waals surface area contributed by atoms with Crippen LogP contribution in [0.2, 0.25) is 0 Å². The van der Waals surface area contributed by atoms with Crippen LogP contribution in [0.25, 0.3) is 27.5 Å². The zero-order valence-corrected chi connectivity index (χ0v) is 23.2. The lowest BCUT2D eigenvalue weighted by Crippen LogP contribution is -2.30. The zero-order valence-electron chi connectivity index (χ0n) is 22.4. The van der Waals surface area contributed by atoms with Crippen LogP contribution in [0.5, 0.6) is 11.5 Å². The van der Waals surface area contributed by atoms with Gasteiger partial charge in [-0.05, 0) is 64.9 Å². The highest BCUT2D eigenvalue weighted by molar-refractivity contribution is 6.19. The maximum atomic E-state index is 13.9. The highest BCUT2D eigenvalue weighted by Gasteiger charge is 2.36. The van der Waals surface area contributed by atoms with Gasteiger partial charge in [0.2, 0.25) is 5.91 Å². The Bertz CT molecular complexity index is 1850. The molecule has 9 nitrogen and oxygen atoms in total. The number of aryl methyl sites for hydroxylation is 1. The van der Waals surface area contributed by atoms with Gasteiger partial charge < -0.3 is 29.6 Å². The van der Waals surface area contributed by atoms with Crippen molar-refractivity contribution in [3.8, 4) is 22.6 Å². The molecule has 10 heteroatoms. The van der Waals surface area contributed by atoms with E-state index >= 15 is 0 Å². The number of primary amides is 1. The molecule has 41 heavy (non-hydrogen) atoms. The molecule has 6 rings (SSSR count). The van der Waals surface area contributed by atoms with E-state index in [1.54, 1.807) is 58.1 Å². The Morgan fingerprint density at radius 2 is 1.98 bits per heavy atom. The summed E-state index contributed by atoms with van der Waals surface area (Å²) in [6, 6.07) is 15.9. The molecule has 208 valence electrons. The number of fused-ring (bicyclic) bond motifs is 4. The summed E-state index contributed by atoms with van der Waals surface area (Å²) in [7, 11) is 1.52. The predicted octanol–water partition coefficient (Wildman–Crippen LogP) is 5.23. The van der Waals surface area contributed by atoms with Gasteiger partial charge in [-0.25, -0.2) is 4.98 Å². The quantitative estimate of drug-likeness (QED) is 0.204. The molecule has 2 aromatic heterocycles. The standard InChI is InChI=1S/C31H27ClN4O5/c1-17-4-3-5-22-26(37)11-25-29(28(17)22)19(12-32)14-36(25)31(39)24-15-35-13-18(6-9-27(35)34-24)23-10-20(41-16-40-2)7-8-21(23)30(33)38/h3-11,13,15,19,37H,12,14,16H2,1-2H3,(H2,33,38). The minimum Gasteiger partial charge on any atom is -0.507 e. The van der Waals surface area contributed by atoms with Gasteiger partial charge in [0.25, 0.3) is 5.91 Å². The van der Waals surface area contributed by atoms with Crippen molar-refractivity contribution in [2.45, 2.75) is 12.8 Å². The zero-order chi connectivity index (χ0) is 28.8. The second-order valence-corrected chi connectivity index (χ2v) is 10.3. The van der Waals surface area contributed by atoms with Crippen LogP contribution in [0.3, 0.4) is 0 Å². The van der Waals surface area contributed by atoms with E-state index in [9.17, 15) is 14.7 Å². The smallest absolute Gasteiger partial charge is 0.278 e. The van der Waals surface area contributed by atoms with Crippen LogP contribution >= 0.6 is 11.6 Å². The van der Waals surface area contributed by atoms with E-state index in [1.807, 2.05) is 25.1 Å². The number of alkyl halides is 1. The molecule has 0 bridgehead atoms. The maximum absolute atomic E-state index is 13.9. The number of imidazole rings is 1. The Kier molecular flexibility index (Phi) is 6.76. The van der Waals surface area contributed by atoms with E-state index in [0.29, 0.717) is 46.2 Å². The van der Waals surface area contributed by atoms with Crippen molar-refractivity contribution >= 4 is 45.5 Å². The van der Waals surface area contributed by atoms with Crippen LogP contribution in [0.1, 0.15) is 37.9 Å². The second-order valence-electron chi connectivity index (χ2n) is 10.0. The summed E-state index contributed by atoms with van der Waals surface area (Å²) in [5.41, 5.74) is 10.6. The molecule has 0 fully saturated rings. The lowest BCUT2D eigenvalue weighted by Gasteiger charge is -2.17. The van der Waals surface area contributed by atoms with E-state index < -0.39 is 5.91 Å². The van der Waals surface area contributed by atoms with E-state index in [1.165, 1.54) is 7.11 Å². The number of phenols is 1. The van der Waals surface area contributed by atoms with Crippen molar-refractivity contribution in [2.75, 3.05) is 31.2 Å². The number of phenolic OH excluding ortho intramolecular Hbond substituents is 1. The highest BCUT2D eigenvalue weighted by atomic mass is 35.5. The number of aromatic nitrogens is 2. The molecular formula is C31H27ClN4O5. The molecule has 1 aliphatic rings. The number of rotatable bonds is 7. The number of benzene rings is 3. The third kappa shape index (κ3) is 4.53. The summed E-state index contributed by atoms with van der Waals surface area (Å²) in [5, 5.41) is 12.5. The fraction of sp³-hybridized carbons (Fsp3) is 0.194. The summed E-state index contributed by atoms with van der Waals surface area (Å²) >= 11 is 6.39. The first-order chi connectivity index (χ1) is 19.8. The Labute approximate surface area is 240 Å². The summed E-state index contributed by atoms with van der Waals surface area (Å²) in [6.45, 7) is 2.42. The average molecular weight is 571 g/mol. The molecule has 0 saturated heterocycles. The monoisotopic (exact) mass is 570 g/mol. The molecule has 0 radical (unpaired) electrons. The molecular weight excluding hydrogens is 544 g/mol. The van der Waals surface area contributed by atoms with Crippen LogP contribution < -0.4 is 15.4 Å². The molecule has 2 amide bonds. The van der Waals surface area contributed by atoms with E-state index in [-0.39, 0.29) is 30.1 Å². The molecule has 1 atom stereocenters. The second kappa shape index (κ2) is 10.4. The van der Waals surface area contributed by atoms with Gasteiger partial charge in [0, 0.05) is 54.9 Å². The number of nitrogens with zero attached hydrogens (tertiary/aromatic N) is 3. The number of nitrogens with two attached hydrogens (primary N) is 1. The van der Waals surface area contributed by atoms with Crippen LogP contribution in [0, 0.1) is 6.92 Å². The summed E-state index contributed by atoms with van der Waals surface area (Å²) in [6.07, 6.45) is 3.43. The first-order valence-corrected chi connectivity index (χ1v) is 13.5. The van der Waals surface area contributed by atoms with E-state index in [0.717, 1.165) is 21.9 Å². The Morgan fingerprint density at radius 1 is 1.15 bits per heavy atom. The van der Waals surface area contributed by atoms with Gasteiger partial charge in [-0.2, -0.15) is 0 Å². The fourth-order valence-electron chi connectivity index (χ4n) is 5.60. The van der Waals surface area contributed by atoms with Gasteiger partial charge in [0.05, 0.1) is 5.69 Å². The minimum atomic E-state index is -0.576. The van der Waals surface area contributed by atoms with Crippen LogP contribution in [0.15, 0.2) is 67.0 Å². The average Bonchev–Trinajstić information content (AvgIpc) is 3.57. The number of halogens is 1. The molecule has 1 unspecified atom stereocenters. The number of ether oxygens (including phenoxy) is 2. The number of pyridine rings is 1. The van der Waals surface area contributed by atoms with Gasteiger partial charge in [-0.15, -0.1) is 11.6 Å². The minimum absolute atomic E-state index is 0.0543. The lowest BCUT2D eigenvalue weighted by atomic mass is 9.92. The van der Waals surface area contributed by atoms with Gasteiger partial charge in [0.15, 0.2) is 6.79 Å². The van der Waals surface area contributed by atoms with Gasteiger partial charge in [-0.3, -0.25) is 9.59 Å². The molecule has 3 N–H and O–H groups in total. The molecule has 0 saturated carbocycles. The maximum Gasteiger partial charge on any atom is 0.278 e. The van der Waals surface area contributed by atoms with Crippen molar-refractivity contribution in [1.82, 2.24) is 9.38 Å². The molecule has 3 aromatic carbocycles. The van der Waals surface area contributed by atoms with Crippen molar-refractivity contribution in [3.05, 3.63) is 89.4 Å². The van der Waals surface area contributed by atoms with Gasteiger partial charge in [0.1, 0.15) is 22.8 Å². The van der Waals surface area contributed by atoms with Crippen molar-refractivity contribution < 1.29 is 24.2 Å². The van der Waals surface area contributed by atoms with Gasteiger partial charge in [-0.1, -0.05) is 18.2 Å². The molecule has 0 spiro atoms. The first kappa shape index (κ1) is 26.6. The molecule has 1 aliphatic heterocycles. The number of methoxy groups -OCH3 is 1. The van der Waals surface area contributed by atoms with Crippen molar-refractivity contribution in [1.29, 1.82) is 0 Å². The number of hydrogen-bond acceptors (Lipinski definition) is 6. The first-order valence-electron chi connectivity index (χ1n) is 13.0. The number of hydrogen-bond donors (Lipinski definition) is 2. The van der Waals surface area contributed by atoms with E-state index in [2.05, 4.69) is 4.98 Å². The Balaban J connectivity index is 1.40. The third-order valence-electron chi connectivity index (χ3n) is 7.48. The fourth-order valence-corrected chi connectivity index (χ4v) is 5.85. The lowest BCUT2D eigenvalue weighted by molar-refractivity contribution is 0.0511.